The maximum absolute atomic E-state index is 12.5. The minimum atomic E-state index is -3.59. The second-order valence-electron chi connectivity index (χ2n) is 6.74. The molecule has 0 saturated heterocycles. The molecule has 1 aromatic heterocycles. The van der Waals surface area contributed by atoms with Crippen molar-refractivity contribution in [2.75, 3.05) is 14.1 Å². The lowest BCUT2D eigenvalue weighted by Crippen LogP contribution is -2.28. The highest BCUT2D eigenvalue weighted by molar-refractivity contribution is 7.89. The highest BCUT2D eigenvalue weighted by atomic mass is 32.2. The van der Waals surface area contributed by atoms with E-state index in [9.17, 15) is 13.2 Å². The van der Waals surface area contributed by atoms with Gasteiger partial charge in [0.05, 0.1) is 17.0 Å². The summed E-state index contributed by atoms with van der Waals surface area (Å²) < 4.78 is 31.8. The van der Waals surface area contributed by atoms with Crippen LogP contribution < -0.4 is 5.32 Å². The van der Waals surface area contributed by atoms with Gasteiger partial charge >= 0.3 is 0 Å². The third-order valence-electron chi connectivity index (χ3n) is 4.45. The van der Waals surface area contributed by atoms with Crippen LogP contribution in [0.25, 0.3) is 11.5 Å². The van der Waals surface area contributed by atoms with E-state index in [2.05, 4.69) is 10.3 Å². The van der Waals surface area contributed by atoms with Gasteiger partial charge in [-0.1, -0.05) is 36.4 Å². The average Bonchev–Trinajstić information content (AvgIpc) is 3.07. The number of rotatable bonds is 7. The average molecular weight is 413 g/mol. The van der Waals surface area contributed by atoms with Gasteiger partial charge in [0, 0.05) is 26.2 Å². The van der Waals surface area contributed by atoms with Crippen molar-refractivity contribution in [3.63, 3.8) is 0 Å². The van der Waals surface area contributed by atoms with Crippen molar-refractivity contribution < 1.29 is 17.6 Å². The molecule has 0 atom stereocenters. The zero-order chi connectivity index (χ0) is 21.0. The predicted molar refractivity (Wildman–Crippen MR) is 110 cm³/mol. The first-order chi connectivity index (χ1) is 13.8. The molecule has 0 radical (unpaired) electrons. The smallest absolute Gasteiger partial charge is 0.242 e. The summed E-state index contributed by atoms with van der Waals surface area (Å²) in [5.41, 5.74) is 1.91. The molecule has 2 aromatic carbocycles. The molecule has 1 amide bonds. The van der Waals surface area contributed by atoms with E-state index in [0.717, 1.165) is 9.87 Å². The molecule has 0 bridgehead atoms. The highest BCUT2D eigenvalue weighted by Crippen LogP contribution is 2.22. The van der Waals surface area contributed by atoms with Crippen LogP contribution in [0.15, 0.2) is 63.9 Å². The van der Waals surface area contributed by atoms with Crippen LogP contribution in [0, 0.1) is 6.92 Å². The molecule has 3 aromatic rings. The zero-order valence-corrected chi connectivity index (χ0v) is 17.4. The summed E-state index contributed by atoms with van der Waals surface area (Å²) in [5.74, 6) is 0.779. The Hall–Kier alpha value is -2.97. The fourth-order valence-corrected chi connectivity index (χ4v) is 3.92. The number of hydrogen-bond acceptors (Lipinski definition) is 5. The maximum atomic E-state index is 12.5. The first kappa shape index (κ1) is 20.8. The number of hydrogen-bond donors (Lipinski definition) is 1. The minimum absolute atomic E-state index is 0.0464. The number of amides is 1. The number of sulfonamides is 1. The van der Waals surface area contributed by atoms with E-state index >= 15 is 0 Å². The van der Waals surface area contributed by atoms with Crippen LogP contribution >= 0.6 is 0 Å². The third kappa shape index (κ3) is 4.72. The summed E-state index contributed by atoms with van der Waals surface area (Å²) in [7, 11) is -0.645. The molecule has 0 unspecified atom stereocenters. The number of nitrogens with zero attached hydrogens (tertiary/aromatic N) is 2. The van der Waals surface area contributed by atoms with Crippen LogP contribution in [-0.2, 0) is 27.8 Å². The number of carbonyl (C=O) groups excluding carboxylic acids is 1. The lowest BCUT2D eigenvalue weighted by Gasteiger charge is -2.15. The number of carbonyl (C=O) groups is 1. The van der Waals surface area contributed by atoms with Crippen molar-refractivity contribution in [1.29, 1.82) is 0 Å². The molecular weight excluding hydrogens is 390 g/mol. The molecule has 1 N–H and O–H groups in total. The fourth-order valence-electron chi connectivity index (χ4n) is 2.80. The van der Waals surface area contributed by atoms with E-state index in [1.165, 1.54) is 20.2 Å². The van der Waals surface area contributed by atoms with E-state index in [1.54, 1.807) is 25.1 Å². The van der Waals surface area contributed by atoms with Gasteiger partial charge in [-0.25, -0.2) is 17.7 Å². The summed E-state index contributed by atoms with van der Waals surface area (Å²) in [6.45, 7) is 1.87. The number of aromatic nitrogens is 1. The maximum Gasteiger partial charge on any atom is 0.242 e. The number of oxazole rings is 1. The molecule has 8 heteroatoms. The Morgan fingerprint density at radius 1 is 1.07 bits per heavy atom. The molecular formula is C21H23N3O4S. The van der Waals surface area contributed by atoms with Gasteiger partial charge in [-0.3, -0.25) is 4.79 Å². The van der Waals surface area contributed by atoms with Crippen molar-refractivity contribution in [2.24, 2.45) is 0 Å². The Morgan fingerprint density at radius 2 is 1.72 bits per heavy atom. The topological polar surface area (TPSA) is 92.5 Å². The summed E-state index contributed by atoms with van der Waals surface area (Å²) in [6, 6.07) is 16.1. The van der Waals surface area contributed by atoms with Gasteiger partial charge in [-0.2, -0.15) is 0 Å². The summed E-state index contributed by atoms with van der Waals surface area (Å²) in [6.07, 6.45) is 0.0464. The Morgan fingerprint density at radius 3 is 2.41 bits per heavy atom. The first-order valence-electron chi connectivity index (χ1n) is 9.08. The zero-order valence-electron chi connectivity index (χ0n) is 16.5. The van der Waals surface area contributed by atoms with Crippen molar-refractivity contribution >= 4 is 15.9 Å². The standard InChI is InChI=1S/C21H23N3O4S/c1-15-18(23-21(28-15)16-9-5-4-6-10-16)13-20(25)22-14-17-11-7-8-12-19(17)29(26,27)24(2)3/h4-12H,13-14H2,1-3H3,(H,22,25). The fraction of sp³-hybridized carbons (Fsp3) is 0.238. The van der Waals surface area contributed by atoms with Gasteiger partial charge in [-0.05, 0) is 30.7 Å². The van der Waals surface area contributed by atoms with E-state index in [1.807, 2.05) is 30.3 Å². The van der Waals surface area contributed by atoms with E-state index in [-0.39, 0.29) is 23.8 Å². The van der Waals surface area contributed by atoms with Crippen molar-refractivity contribution in [3.8, 4) is 11.5 Å². The van der Waals surface area contributed by atoms with Crippen LogP contribution in [0.3, 0.4) is 0 Å². The lowest BCUT2D eigenvalue weighted by molar-refractivity contribution is -0.120. The molecule has 29 heavy (non-hydrogen) atoms. The largest absolute Gasteiger partial charge is 0.441 e. The van der Waals surface area contributed by atoms with E-state index in [0.29, 0.717) is 22.9 Å². The molecule has 0 aliphatic carbocycles. The lowest BCUT2D eigenvalue weighted by atomic mass is 10.2. The van der Waals surface area contributed by atoms with Gasteiger partial charge < -0.3 is 9.73 Å². The second kappa shape index (κ2) is 8.59. The van der Waals surface area contributed by atoms with Crippen LogP contribution in [0.1, 0.15) is 17.0 Å². The quantitative estimate of drug-likeness (QED) is 0.643. The van der Waals surface area contributed by atoms with Crippen LogP contribution in [0.4, 0.5) is 0 Å². The summed E-state index contributed by atoms with van der Waals surface area (Å²) in [4.78, 5) is 17.0. The van der Waals surface area contributed by atoms with Crippen LogP contribution in [0.5, 0.6) is 0 Å². The number of aryl methyl sites for hydroxylation is 1. The molecule has 0 spiro atoms. The second-order valence-corrected chi connectivity index (χ2v) is 8.86. The van der Waals surface area contributed by atoms with Gasteiger partial charge in [0.1, 0.15) is 5.76 Å². The first-order valence-corrected chi connectivity index (χ1v) is 10.5. The van der Waals surface area contributed by atoms with Gasteiger partial charge in [0.25, 0.3) is 0 Å². The van der Waals surface area contributed by atoms with Crippen LogP contribution in [-0.4, -0.2) is 37.7 Å². The summed E-state index contributed by atoms with van der Waals surface area (Å²) in [5, 5.41) is 2.77. The van der Waals surface area contributed by atoms with E-state index in [4.69, 9.17) is 4.42 Å². The Balaban J connectivity index is 1.70. The molecule has 0 fully saturated rings. The monoisotopic (exact) mass is 413 g/mol. The molecule has 7 nitrogen and oxygen atoms in total. The van der Waals surface area contributed by atoms with Crippen molar-refractivity contribution in [2.45, 2.75) is 24.8 Å². The SMILES string of the molecule is Cc1oc(-c2ccccc2)nc1CC(=O)NCc1ccccc1S(=O)(=O)N(C)C. The molecule has 0 aliphatic rings. The Labute approximate surface area is 170 Å². The Bertz CT molecular complexity index is 1110. The summed E-state index contributed by atoms with van der Waals surface area (Å²) >= 11 is 0. The van der Waals surface area contributed by atoms with E-state index < -0.39 is 10.0 Å². The van der Waals surface area contributed by atoms with Crippen molar-refractivity contribution in [3.05, 3.63) is 71.6 Å². The third-order valence-corrected chi connectivity index (χ3v) is 6.36. The highest BCUT2D eigenvalue weighted by Gasteiger charge is 2.21. The molecule has 0 aliphatic heterocycles. The van der Waals surface area contributed by atoms with Gasteiger partial charge in [-0.15, -0.1) is 0 Å². The predicted octanol–water partition coefficient (Wildman–Crippen LogP) is 2.76. The number of benzene rings is 2. The normalized spacial score (nSPS) is 11.6. The molecule has 3 rings (SSSR count). The number of nitrogens with one attached hydrogen (secondary N) is 1. The minimum Gasteiger partial charge on any atom is -0.441 e. The Kier molecular flexibility index (Phi) is 6.14. The van der Waals surface area contributed by atoms with Gasteiger partial charge in [0.2, 0.25) is 21.8 Å². The van der Waals surface area contributed by atoms with Crippen molar-refractivity contribution in [1.82, 2.24) is 14.6 Å². The van der Waals surface area contributed by atoms with Crippen LogP contribution in [0.2, 0.25) is 0 Å². The van der Waals surface area contributed by atoms with Gasteiger partial charge in [0.15, 0.2) is 0 Å². The molecule has 152 valence electrons. The molecule has 1 heterocycles. The molecule has 0 saturated carbocycles.